The molecule has 1 fully saturated rings. The molecule has 9 nitrogen and oxygen atoms in total. The molecule has 0 saturated carbocycles. The second-order valence-electron chi connectivity index (χ2n) is 7.12. The van der Waals surface area contributed by atoms with Gasteiger partial charge < -0.3 is 15.4 Å². The third-order valence-electron chi connectivity index (χ3n) is 4.49. The molecule has 0 radical (unpaired) electrons. The summed E-state index contributed by atoms with van der Waals surface area (Å²) in [5.74, 6) is 0.671. The number of rotatable bonds is 9. The van der Waals surface area contributed by atoms with Crippen molar-refractivity contribution in [3.8, 4) is 0 Å². The first kappa shape index (κ1) is 22.5. The smallest absolute Gasteiger partial charge is 0.242 e. The zero-order chi connectivity index (χ0) is 20.5. The molecule has 1 saturated heterocycles. The minimum Gasteiger partial charge on any atom is -0.379 e. The van der Waals surface area contributed by atoms with Gasteiger partial charge in [0, 0.05) is 50.7 Å². The molecule has 10 heteroatoms. The Morgan fingerprint density at radius 2 is 2.04 bits per heavy atom. The topological polar surface area (TPSA) is 108 Å². The number of aliphatic imine (C=N–C) groups is 1. The number of nitrogens with one attached hydrogen (secondary N) is 3. The Morgan fingerprint density at radius 1 is 1.29 bits per heavy atom. The molecule has 1 aromatic rings. The summed E-state index contributed by atoms with van der Waals surface area (Å²) in [5, 5.41) is 6.37. The maximum Gasteiger partial charge on any atom is 0.242 e. The van der Waals surface area contributed by atoms with Crippen molar-refractivity contribution in [3.05, 3.63) is 24.5 Å². The van der Waals surface area contributed by atoms with Crippen molar-refractivity contribution < 1.29 is 13.2 Å². The molecular formula is C18H32N6O3S. The van der Waals surface area contributed by atoms with E-state index in [1.54, 1.807) is 6.07 Å². The molecule has 0 bridgehead atoms. The van der Waals surface area contributed by atoms with Gasteiger partial charge in [0.1, 0.15) is 4.90 Å². The molecule has 0 unspecified atom stereocenters. The minimum absolute atomic E-state index is 0.0754. The van der Waals surface area contributed by atoms with Crippen LogP contribution < -0.4 is 15.4 Å². The lowest BCUT2D eigenvalue weighted by Gasteiger charge is -2.39. The van der Waals surface area contributed by atoms with Gasteiger partial charge in [-0.15, -0.1) is 0 Å². The number of pyridine rings is 1. The van der Waals surface area contributed by atoms with Crippen molar-refractivity contribution in [2.24, 2.45) is 4.99 Å². The number of hydrogen-bond acceptors (Lipinski definition) is 6. The van der Waals surface area contributed by atoms with Crippen LogP contribution in [0, 0.1) is 0 Å². The standard InChI is InChI=1S/C18H32N6O3S/c1-4-20-17(22-15-18(2,3)24-10-12-27-13-11-24)21-8-9-23-28(25,26)16-6-5-7-19-14-16/h5-7,14,23H,4,8-13,15H2,1-3H3,(H2,20,21,22). The molecule has 3 N–H and O–H groups in total. The van der Waals surface area contributed by atoms with E-state index < -0.39 is 10.0 Å². The Kier molecular flexibility index (Phi) is 8.61. The van der Waals surface area contributed by atoms with E-state index in [4.69, 9.17) is 4.74 Å². The molecular weight excluding hydrogens is 380 g/mol. The van der Waals surface area contributed by atoms with Crippen LogP contribution in [0.3, 0.4) is 0 Å². The van der Waals surface area contributed by atoms with E-state index in [-0.39, 0.29) is 17.0 Å². The highest BCUT2D eigenvalue weighted by atomic mass is 32.2. The molecule has 0 spiro atoms. The van der Waals surface area contributed by atoms with Crippen LogP contribution in [0.15, 0.2) is 34.4 Å². The number of nitrogens with zero attached hydrogens (tertiary/aromatic N) is 3. The molecule has 0 amide bonds. The summed E-state index contributed by atoms with van der Waals surface area (Å²) < 4.78 is 32.4. The molecule has 28 heavy (non-hydrogen) atoms. The van der Waals surface area contributed by atoms with Gasteiger partial charge in [-0.2, -0.15) is 0 Å². The molecule has 1 aliphatic heterocycles. The van der Waals surface area contributed by atoms with Gasteiger partial charge in [-0.1, -0.05) is 0 Å². The monoisotopic (exact) mass is 412 g/mol. The zero-order valence-electron chi connectivity index (χ0n) is 16.9. The van der Waals surface area contributed by atoms with E-state index in [1.807, 2.05) is 6.92 Å². The third-order valence-corrected chi connectivity index (χ3v) is 5.94. The fourth-order valence-electron chi connectivity index (χ4n) is 2.84. The number of ether oxygens (including phenoxy) is 1. The number of hydrogen-bond donors (Lipinski definition) is 3. The van der Waals surface area contributed by atoms with Crippen LogP contribution in [0.1, 0.15) is 20.8 Å². The van der Waals surface area contributed by atoms with Crippen molar-refractivity contribution in [2.75, 3.05) is 52.5 Å². The van der Waals surface area contributed by atoms with Gasteiger partial charge in [0.25, 0.3) is 0 Å². The summed E-state index contributed by atoms with van der Waals surface area (Å²) in [6, 6.07) is 3.11. The lowest BCUT2D eigenvalue weighted by atomic mass is 10.0. The van der Waals surface area contributed by atoms with E-state index in [2.05, 4.69) is 44.1 Å². The summed E-state index contributed by atoms with van der Waals surface area (Å²) >= 11 is 0. The van der Waals surface area contributed by atoms with Crippen molar-refractivity contribution in [2.45, 2.75) is 31.2 Å². The van der Waals surface area contributed by atoms with E-state index in [0.29, 0.717) is 19.0 Å². The lowest BCUT2D eigenvalue weighted by Crippen LogP contribution is -2.52. The predicted octanol–water partition coefficient (Wildman–Crippen LogP) is 0.0258. The number of sulfonamides is 1. The quantitative estimate of drug-likeness (QED) is 0.298. The highest BCUT2D eigenvalue weighted by molar-refractivity contribution is 7.89. The third kappa shape index (κ3) is 7.01. The highest BCUT2D eigenvalue weighted by Crippen LogP contribution is 2.16. The predicted molar refractivity (Wildman–Crippen MR) is 110 cm³/mol. The maximum absolute atomic E-state index is 12.2. The van der Waals surface area contributed by atoms with Crippen LogP contribution in [0.5, 0.6) is 0 Å². The summed E-state index contributed by atoms with van der Waals surface area (Å²) in [6.07, 6.45) is 2.87. The first-order valence-corrected chi connectivity index (χ1v) is 11.1. The molecule has 158 valence electrons. The number of morpholine rings is 1. The van der Waals surface area contributed by atoms with Gasteiger partial charge in [0.2, 0.25) is 10.0 Å². The van der Waals surface area contributed by atoms with Crippen molar-refractivity contribution in [1.82, 2.24) is 25.2 Å². The molecule has 0 atom stereocenters. The summed E-state index contributed by atoms with van der Waals surface area (Å²) in [4.78, 5) is 11.1. The second kappa shape index (κ2) is 10.7. The largest absolute Gasteiger partial charge is 0.379 e. The highest BCUT2D eigenvalue weighted by Gasteiger charge is 2.28. The van der Waals surface area contributed by atoms with Crippen molar-refractivity contribution >= 4 is 16.0 Å². The minimum atomic E-state index is -3.55. The first-order valence-electron chi connectivity index (χ1n) is 9.60. The Balaban J connectivity index is 1.84. The van der Waals surface area contributed by atoms with Crippen LogP contribution in [0.2, 0.25) is 0 Å². The normalized spacial score (nSPS) is 16.8. The van der Waals surface area contributed by atoms with Crippen LogP contribution >= 0.6 is 0 Å². The van der Waals surface area contributed by atoms with Crippen LogP contribution in [-0.4, -0.2) is 82.3 Å². The Morgan fingerprint density at radius 3 is 2.68 bits per heavy atom. The summed E-state index contributed by atoms with van der Waals surface area (Å²) in [5.41, 5.74) is -0.0754. The van der Waals surface area contributed by atoms with E-state index in [9.17, 15) is 8.42 Å². The van der Waals surface area contributed by atoms with Gasteiger partial charge in [0.15, 0.2) is 5.96 Å². The molecule has 1 aliphatic rings. The van der Waals surface area contributed by atoms with Gasteiger partial charge in [-0.25, -0.2) is 13.1 Å². The number of guanidine groups is 1. The molecule has 0 aromatic carbocycles. The van der Waals surface area contributed by atoms with Crippen LogP contribution in [0.4, 0.5) is 0 Å². The Hall–Kier alpha value is -1.75. The van der Waals surface area contributed by atoms with Crippen LogP contribution in [-0.2, 0) is 14.8 Å². The average molecular weight is 413 g/mol. The van der Waals surface area contributed by atoms with Gasteiger partial charge >= 0.3 is 0 Å². The SMILES string of the molecule is CCNC(=NCC(C)(C)N1CCOCC1)NCCNS(=O)(=O)c1cccnc1. The van der Waals surface area contributed by atoms with Gasteiger partial charge in [-0.05, 0) is 32.9 Å². The molecule has 2 rings (SSSR count). The summed E-state index contributed by atoms with van der Waals surface area (Å²) in [6.45, 7) is 11.7. The average Bonchev–Trinajstić information content (AvgIpc) is 2.70. The van der Waals surface area contributed by atoms with E-state index >= 15 is 0 Å². The van der Waals surface area contributed by atoms with Crippen molar-refractivity contribution in [1.29, 1.82) is 0 Å². The lowest BCUT2D eigenvalue weighted by molar-refractivity contribution is -0.00683. The Bertz CT molecular complexity index is 718. The first-order chi connectivity index (χ1) is 13.3. The number of aromatic nitrogens is 1. The fraction of sp³-hybridized carbons (Fsp3) is 0.667. The summed E-state index contributed by atoms with van der Waals surface area (Å²) in [7, 11) is -3.55. The molecule has 2 heterocycles. The molecule has 1 aromatic heterocycles. The fourth-order valence-corrected chi connectivity index (χ4v) is 3.83. The van der Waals surface area contributed by atoms with E-state index in [0.717, 1.165) is 32.8 Å². The van der Waals surface area contributed by atoms with Gasteiger partial charge in [-0.3, -0.25) is 14.9 Å². The zero-order valence-corrected chi connectivity index (χ0v) is 17.8. The second-order valence-corrected chi connectivity index (χ2v) is 8.89. The Labute approximate surface area is 168 Å². The maximum atomic E-state index is 12.2. The van der Waals surface area contributed by atoms with Crippen LogP contribution in [0.25, 0.3) is 0 Å². The van der Waals surface area contributed by atoms with Crippen molar-refractivity contribution in [3.63, 3.8) is 0 Å². The van der Waals surface area contributed by atoms with E-state index in [1.165, 1.54) is 18.5 Å². The molecule has 0 aliphatic carbocycles. The van der Waals surface area contributed by atoms with Gasteiger partial charge in [0.05, 0.1) is 19.8 Å².